The van der Waals surface area contributed by atoms with E-state index in [9.17, 15) is 14.0 Å². The molecule has 6 heteroatoms. The van der Waals surface area contributed by atoms with E-state index in [0.717, 1.165) is 31.4 Å². The lowest BCUT2D eigenvalue weighted by Gasteiger charge is -2.40. The average Bonchev–Trinajstić information content (AvgIpc) is 2.36. The van der Waals surface area contributed by atoms with Crippen molar-refractivity contribution >= 4 is 17.6 Å². The molecule has 0 aromatic heterocycles. The van der Waals surface area contributed by atoms with E-state index in [2.05, 4.69) is 5.32 Å². The Bertz CT molecular complexity index is 536. The number of nitrogens with two attached hydrogens (primary N) is 1. The Labute approximate surface area is 116 Å². The van der Waals surface area contributed by atoms with E-state index in [-0.39, 0.29) is 17.0 Å². The average molecular weight is 280 g/mol. The maximum absolute atomic E-state index is 13.2. The summed E-state index contributed by atoms with van der Waals surface area (Å²) in [5.41, 5.74) is 5.38. The molecule has 0 aliphatic heterocycles. The van der Waals surface area contributed by atoms with Gasteiger partial charge in [0.2, 0.25) is 5.91 Å². The zero-order chi connectivity index (χ0) is 14.8. The number of aromatic carboxylic acids is 1. The first-order chi connectivity index (χ1) is 9.46. The fourth-order valence-corrected chi connectivity index (χ4v) is 2.44. The van der Waals surface area contributed by atoms with Gasteiger partial charge in [0, 0.05) is 12.1 Å². The highest BCUT2D eigenvalue weighted by Gasteiger charge is 2.37. The topological polar surface area (TPSA) is 92.4 Å². The zero-order valence-corrected chi connectivity index (χ0v) is 11.0. The zero-order valence-electron chi connectivity index (χ0n) is 11.0. The molecular formula is C14H17FN2O3. The van der Waals surface area contributed by atoms with Crippen LogP contribution in [0.1, 0.15) is 36.0 Å². The van der Waals surface area contributed by atoms with Gasteiger partial charge in [0.15, 0.2) is 0 Å². The van der Waals surface area contributed by atoms with E-state index in [1.807, 2.05) is 0 Å². The number of carboxylic acid groups (broad SMARTS) is 1. The molecule has 1 fully saturated rings. The second-order valence-electron chi connectivity index (χ2n) is 5.28. The van der Waals surface area contributed by atoms with Crippen LogP contribution in [0.15, 0.2) is 18.2 Å². The van der Waals surface area contributed by atoms with Gasteiger partial charge < -0.3 is 16.2 Å². The number of carbonyl (C=O) groups excluding carboxylic acids is 1. The summed E-state index contributed by atoms with van der Waals surface area (Å²) in [5.74, 6) is -2.41. The first-order valence-corrected chi connectivity index (χ1v) is 6.48. The number of halogens is 1. The van der Waals surface area contributed by atoms with E-state index in [0.29, 0.717) is 13.0 Å². The molecule has 0 saturated heterocycles. The van der Waals surface area contributed by atoms with Crippen molar-refractivity contribution in [3.8, 4) is 0 Å². The number of hydrogen-bond acceptors (Lipinski definition) is 3. The summed E-state index contributed by atoms with van der Waals surface area (Å²) in [5, 5.41) is 11.4. The van der Waals surface area contributed by atoms with Crippen LogP contribution in [0.3, 0.4) is 0 Å². The number of amides is 1. The molecule has 0 spiro atoms. The largest absolute Gasteiger partial charge is 0.478 e. The Morgan fingerprint density at radius 2 is 2.10 bits per heavy atom. The summed E-state index contributed by atoms with van der Waals surface area (Å²) >= 11 is 0. The quantitative estimate of drug-likeness (QED) is 0.769. The molecule has 1 amide bonds. The van der Waals surface area contributed by atoms with Crippen LogP contribution in [0.2, 0.25) is 0 Å². The first-order valence-electron chi connectivity index (χ1n) is 6.48. The van der Waals surface area contributed by atoms with E-state index in [1.165, 1.54) is 6.07 Å². The van der Waals surface area contributed by atoms with Crippen molar-refractivity contribution in [3.05, 3.63) is 29.6 Å². The molecule has 0 radical (unpaired) electrons. The number of hydrogen-bond donors (Lipinski definition) is 3. The van der Waals surface area contributed by atoms with E-state index >= 15 is 0 Å². The second-order valence-corrected chi connectivity index (χ2v) is 5.28. The molecule has 108 valence electrons. The summed E-state index contributed by atoms with van der Waals surface area (Å²) in [6.07, 6.45) is 3.24. The molecule has 1 saturated carbocycles. The van der Waals surface area contributed by atoms with Crippen molar-refractivity contribution in [2.45, 2.75) is 25.7 Å². The molecule has 5 nitrogen and oxygen atoms in total. The maximum Gasteiger partial charge on any atom is 0.338 e. The Balaban J connectivity index is 2.04. The van der Waals surface area contributed by atoms with Gasteiger partial charge in [0.1, 0.15) is 5.82 Å². The van der Waals surface area contributed by atoms with Gasteiger partial charge >= 0.3 is 5.97 Å². The summed E-state index contributed by atoms with van der Waals surface area (Å²) in [6, 6.07) is 3.49. The lowest BCUT2D eigenvalue weighted by molar-refractivity contribution is -0.119. The highest BCUT2D eigenvalue weighted by molar-refractivity contribution is 5.94. The third-order valence-corrected chi connectivity index (χ3v) is 3.86. The molecule has 0 unspecified atom stereocenters. The van der Waals surface area contributed by atoms with Crippen LogP contribution in [0.5, 0.6) is 0 Å². The lowest BCUT2D eigenvalue weighted by Crippen LogP contribution is -2.40. The normalized spacial score (nSPS) is 16.3. The van der Waals surface area contributed by atoms with Crippen LogP contribution in [-0.4, -0.2) is 23.5 Å². The highest BCUT2D eigenvalue weighted by atomic mass is 19.1. The van der Waals surface area contributed by atoms with Crippen molar-refractivity contribution in [1.29, 1.82) is 0 Å². The summed E-state index contributed by atoms with van der Waals surface area (Å²) in [6.45, 7) is 0.463. The maximum atomic E-state index is 13.2. The van der Waals surface area contributed by atoms with E-state index < -0.39 is 17.3 Å². The van der Waals surface area contributed by atoms with Crippen LogP contribution in [-0.2, 0) is 4.79 Å². The van der Waals surface area contributed by atoms with Gasteiger partial charge in [0.25, 0.3) is 0 Å². The molecule has 0 bridgehead atoms. The van der Waals surface area contributed by atoms with E-state index in [1.54, 1.807) is 0 Å². The number of carboxylic acids is 1. The Morgan fingerprint density at radius 3 is 2.60 bits per heavy atom. The number of anilines is 1. The van der Waals surface area contributed by atoms with Crippen molar-refractivity contribution in [1.82, 2.24) is 0 Å². The Kier molecular flexibility index (Phi) is 4.04. The lowest BCUT2D eigenvalue weighted by atomic mass is 9.66. The Hall–Kier alpha value is -1.95. The minimum absolute atomic E-state index is 0.125. The van der Waals surface area contributed by atoms with Gasteiger partial charge in [-0.2, -0.15) is 0 Å². The number of rotatable bonds is 5. The van der Waals surface area contributed by atoms with Gasteiger partial charge in [-0.3, -0.25) is 4.79 Å². The minimum atomic E-state index is -1.36. The number of benzene rings is 1. The molecule has 4 N–H and O–H groups in total. The van der Waals surface area contributed by atoms with Gasteiger partial charge in [-0.1, -0.05) is 6.42 Å². The van der Waals surface area contributed by atoms with Gasteiger partial charge in [-0.25, -0.2) is 9.18 Å². The fraction of sp³-hybridized carbons (Fsp3) is 0.429. The van der Waals surface area contributed by atoms with Gasteiger partial charge in [0.05, 0.1) is 5.56 Å². The predicted molar refractivity (Wildman–Crippen MR) is 71.9 cm³/mol. The highest BCUT2D eigenvalue weighted by Crippen LogP contribution is 2.43. The molecule has 0 heterocycles. The van der Waals surface area contributed by atoms with Gasteiger partial charge in [-0.05, 0) is 43.0 Å². The van der Waals surface area contributed by atoms with Crippen molar-refractivity contribution in [3.63, 3.8) is 0 Å². The molecule has 1 aromatic carbocycles. The van der Waals surface area contributed by atoms with Crippen LogP contribution in [0, 0.1) is 11.2 Å². The molecular weight excluding hydrogens is 263 g/mol. The third-order valence-electron chi connectivity index (χ3n) is 3.86. The monoisotopic (exact) mass is 280 g/mol. The number of carbonyl (C=O) groups is 2. The predicted octanol–water partition coefficient (Wildman–Crippen LogP) is 1.98. The third kappa shape index (κ3) is 2.96. The molecule has 1 aliphatic rings. The van der Waals surface area contributed by atoms with Crippen LogP contribution >= 0.6 is 0 Å². The standard InChI is InChI=1S/C14H17FN2O3/c15-11-3-2-9(6-10(11)13(19)20)17-12(18)7-14(8-16)4-1-5-14/h2-3,6H,1,4-5,7-8,16H2,(H,17,18)(H,19,20). The summed E-state index contributed by atoms with van der Waals surface area (Å²) < 4.78 is 13.2. The second kappa shape index (κ2) is 5.58. The minimum Gasteiger partial charge on any atom is -0.478 e. The van der Waals surface area contributed by atoms with Crippen LogP contribution in [0.25, 0.3) is 0 Å². The smallest absolute Gasteiger partial charge is 0.338 e. The number of nitrogens with one attached hydrogen (secondary N) is 1. The molecule has 2 rings (SSSR count). The molecule has 1 aromatic rings. The SMILES string of the molecule is NCC1(CC(=O)Nc2ccc(F)c(C(=O)O)c2)CCC1. The van der Waals surface area contributed by atoms with E-state index in [4.69, 9.17) is 10.8 Å². The van der Waals surface area contributed by atoms with Crippen molar-refractivity contribution in [2.24, 2.45) is 11.1 Å². The molecule has 20 heavy (non-hydrogen) atoms. The molecule has 0 atom stereocenters. The summed E-state index contributed by atoms with van der Waals surface area (Å²) in [7, 11) is 0. The Morgan fingerprint density at radius 1 is 1.40 bits per heavy atom. The van der Waals surface area contributed by atoms with Gasteiger partial charge in [-0.15, -0.1) is 0 Å². The van der Waals surface area contributed by atoms with Crippen molar-refractivity contribution in [2.75, 3.05) is 11.9 Å². The van der Waals surface area contributed by atoms with Crippen LogP contribution < -0.4 is 11.1 Å². The van der Waals surface area contributed by atoms with Crippen molar-refractivity contribution < 1.29 is 19.1 Å². The fourth-order valence-electron chi connectivity index (χ4n) is 2.44. The summed E-state index contributed by atoms with van der Waals surface area (Å²) in [4.78, 5) is 22.8. The first kappa shape index (κ1) is 14.5. The van der Waals surface area contributed by atoms with Crippen LogP contribution in [0.4, 0.5) is 10.1 Å². The molecule has 1 aliphatic carbocycles.